The van der Waals surface area contributed by atoms with Crippen molar-refractivity contribution in [3.8, 4) is 0 Å². The summed E-state index contributed by atoms with van der Waals surface area (Å²) < 4.78 is 60.8. The van der Waals surface area contributed by atoms with Crippen molar-refractivity contribution in [3.05, 3.63) is 71.2 Å². The van der Waals surface area contributed by atoms with Crippen LogP contribution in [0.1, 0.15) is 36.8 Å². The second-order valence-corrected chi connectivity index (χ2v) is 9.85. The summed E-state index contributed by atoms with van der Waals surface area (Å²) in [6, 6.07) is 12.5. The van der Waals surface area contributed by atoms with E-state index in [1.54, 1.807) is 24.3 Å². The van der Waals surface area contributed by atoms with Crippen LogP contribution >= 0.6 is 0 Å². The summed E-state index contributed by atoms with van der Waals surface area (Å²) in [6.07, 6.45) is 1.97. The van der Waals surface area contributed by atoms with Gasteiger partial charge in [0, 0.05) is 12.8 Å². The van der Waals surface area contributed by atoms with Gasteiger partial charge < -0.3 is 8.37 Å². The molecule has 2 aromatic rings. The lowest BCUT2D eigenvalue weighted by molar-refractivity contribution is 0.299. The van der Waals surface area contributed by atoms with Gasteiger partial charge in [-0.15, -0.1) is 0 Å². The smallest absolute Gasteiger partial charge is 0.339 e. The lowest BCUT2D eigenvalue weighted by atomic mass is 10.1. The number of allylic oxidation sites excluding steroid dienone is 2. The molecule has 2 aromatic carbocycles. The van der Waals surface area contributed by atoms with E-state index < -0.39 is 20.2 Å². The molecule has 8 heteroatoms. The molecule has 0 aliphatic heterocycles. The third-order valence-corrected chi connectivity index (χ3v) is 6.95. The zero-order valence-corrected chi connectivity index (χ0v) is 17.3. The van der Waals surface area contributed by atoms with Crippen LogP contribution in [0, 0.1) is 13.8 Å². The molecule has 0 saturated carbocycles. The number of aryl methyl sites for hydroxylation is 2. The fourth-order valence-electron chi connectivity index (χ4n) is 2.80. The molecule has 0 radical (unpaired) electrons. The van der Waals surface area contributed by atoms with Crippen LogP contribution in [0.15, 0.2) is 69.8 Å². The van der Waals surface area contributed by atoms with E-state index in [1.807, 2.05) is 13.8 Å². The predicted octanol–water partition coefficient (Wildman–Crippen LogP) is 4.20. The number of hydrogen-bond donors (Lipinski definition) is 0. The lowest BCUT2D eigenvalue weighted by Crippen LogP contribution is -2.15. The van der Waals surface area contributed by atoms with Crippen molar-refractivity contribution in [2.24, 2.45) is 0 Å². The third kappa shape index (κ3) is 4.74. The Morgan fingerprint density at radius 3 is 1.25 bits per heavy atom. The van der Waals surface area contributed by atoms with E-state index >= 15 is 0 Å². The Hall–Kier alpha value is -2.32. The minimum absolute atomic E-state index is 0.0110. The van der Waals surface area contributed by atoms with Gasteiger partial charge >= 0.3 is 20.2 Å². The third-order valence-electron chi connectivity index (χ3n) is 4.41. The van der Waals surface area contributed by atoms with Crippen LogP contribution in [-0.4, -0.2) is 16.8 Å². The molecule has 0 spiro atoms. The molecular formula is C20H22O6S2. The predicted molar refractivity (Wildman–Crippen MR) is 104 cm³/mol. The van der Waals surface area contributed by atoms with Gasteiger partial charge in [0.05, 0.1) is 0 Å². The van der Waals surface area contributed by atoms with Gasteiger partial charge in [0.15, 0.2) is 11.5 Å². The van der Waals surface area contributed by atoms with Crippen molar-refractivity contribution < 1.29 is 25.2 Å². The molecular weight excluding hydrogens is 400 g/mol. The average molecular weight is 423 g/mol. The summed E-state index contributed by atoms with van der Waals surface area (Å²) in [7, 11) is -8.14. The van der Waals surface area contributed by atoms with Crippen molar-refractivity contribution in [1.82, 2.24) is 0 Å². The highest BCUT2D eigenvalue weighted by Crippen LogP contribution is 2.32. The van der Waals surface area contributed by atoms with E-state index in [9.17, 15) is 16.8 Å². The maximum Gasteiger partial charge on any atom is 0.339 e. The van der Waals surface area contributed by atoms with E-state index in [4.69, 9.17) is 8.37 Å². The van der Waals surface area contributed by atoms with Crippen molar-refractivity contribution in [2.75, 3.05) is 0 Å². The molecule has 0 amide bonds. The minimum Gasteiger partial charge on any atom is -0.380 e. The van der Waals surface area contributed by atoms with Gasteiger partial charge in [0.25, 0.3) is 0 Å². The van der Waals surface area contributed by atoms with Crippen molar-refractivity contribution in [2.45, 2.75) is 49.3 Å². The Balaban J connectivity index is 1.89. The van der Waals surface area contributed by atoms with Crippen LogP contribution in [0.5, 0.6) is 0 Å². The number of rotatable bonds is 6. The van der Waals surface area contributed by atoms with Crippen molar-refractivity contribution >= 4 is 20.2 Å². The Morgan fingerprint density at radius 2 is 0.929 bits per heavy atom. The molecule has 0 N–H and O–H groups in total. The molecule has 0 unspecified atom stereocenters. The first-order chi connectivity index (χ1) is 13.2. The van der Waals surface area contributed by atoms with E-state index in [-0.39, 0.29) is 21.3 Å². The summed E-state index contributed by atoms with van der Waals surface area (Å²) in [4.78, 5) is 0.0221. The van der Waals surface area contributed by atoms with Crippen LogP contribution in [0.25, 0.3) is 0 Å². The van der Waals surface area contributed by atoms with Gasteiger partial charge in [-0.2, -0.15) is 16.8 Å². The molecule has 1 aliphatic rings. The van der Waals surface area contributed by atoms with Crippen LogP contribution in [0.2, 0.25) is 0 Å². The summed E-state index contributed by atoms with van der Waals surface area (Å²) in [5, 5.41) is 0. The zero-order chi connectivity index (χ0) is 20.4. The minimum atomic E-state index is -4.07. The molecule has 0 saturated heterocycles. The monoisotopic (exact) mass is 422 g/mol. The first-order valence-electron chi connectivity index (χ1n) is 8.92. The van der Waals surface area contributed by atoms with Crippen LogP contribution in [-0.2, 0) is 28.6 Å². The highest BCUT2D eigenvalue weighted by atomic mass is 32.2. The summed E-state index contributed by atoms with van der Waals surface area (Å²) in [5.74, 6) is 0.0880. The maximum atomic E-state index is 12.6. The Labute approximate surface area is 166 Å². The number of hydrogen-bond acceptors (Lipinski definition) is 6. The average Bonchev–Trinajstić information content (AvgIpc) is 2.64. The molecule has 28 heavy (non-hydrogen) atoms. The topological polar surface area (TPSA) is 86.7 Å². The molecule has 0 bridgehead atoms. The molecule has 6 nitrogen and oxygen atoms in total. The maximum absolute atomic E-state index is 12.6. The molecule has 150 valence electrons. The molecule has 3 rings (SSSR count). The van der Waals surface area contributed by atoms with E-state index in [2.05, 4.69) is 0 Å². The Morgan fingerprint density at radius 1 is 0.607 bits per heavy atom. The molecule has 0 aromatic heterocycles. The SMILES string of the molecule is Cc1ccc(S(=O)(=O)OC2=C(OS(=O)(=O)c3ccc(C)cc3)CCCC2)cc1. The largest absolute Gasteiger partial charge is 0.380 e. The highest BCUT2D eigenvalue weighted by molar-refractivity contribution is 7.87. The van der Waals surface area contributed by atoms with Gasteiger partial charge in [-0.1, -0.05) is 35.4 Å². The molecule has 0 fully saturated rings. The second kappa shape index (κ2) is 7.97. The van der Waals surface area contributed by atoms with E-state index in [1.165, 1.54) is 24.3 Å². The van der Waals surface area contributed by atoms with Gasteiger partial charge in [0.2, 0.25) is 0 Å². The van der Waals surface area contributed by atoms with Crippen LogP contribution in [0.4, 0.5) is 0 Å². The number of benzene rings is 2. The molecule has 0 atom stereocenters. The van der Waals surface area contributed by atoms with Gasteiger partial charge in [-0.3, -0.25) is 0 Å². The quantitative estimate of drug-likeness (QED) is 0.649. The standard InChI is InChI=1S/C20H22O6S2/c1-15-7-11-17(12-8-15)27(21,22)25-19-5-3-4-6-20(19)26-28(23,24)18-13-9-16(2)10-14-18/h7-14H,3-6H2,1-2H3. The Bertz CT molecular complexity index is 991. The highest BCUT2D eigenvalue weighted by Gasteiger charge is 2.27. The van der Waals surface area contributed by atoms with E-state index in [0.717, 1.165) is 11.1 Å². The molecule has 0 heterocycles. The van der Waals surface area contributed by atoms with Crippen molar-refractivity contribution in [1.29, 1.82) is 0 Å². The Kier molecular flexibility index (Phi) is 5.81. The molecule has 1 aliphatic carbocycles. The van der Waals surface area contributed by atoms with Crippen LogP contribution < -0.4 is 0 Å². The normalized spacial score (nSPS) is 15.4. The fraction of sp³-hybridized carbons (Fsp3) is 0.300. The van der Waals surface area contributed by atoms with E-state index in [0.29, 0.717) is 25.7 Å². The summed E-state index contributed by atoms with van der Waals surface area (Å²) >= 11 is 0. The van der Waals surface area contributed by atoms with Crippen LogP contribution in [0.3, 0.4) is 0 Å². The first-order valence-corrected chi connectivity index (χ1v) is 11.7. The summed E-state index contributed by atoms with van der Waals surface area (Å²) in [6.45, 7) is 3.70. The van der Waals surface area contributed by atoms with Crippen molar-refractivity contribution in [3.63, 3.8) is 0 Å². The van der Waals surface area contributed by atoms with Gasteiger partial charge in [-0.05, 0) is 51.0 Å². The fourth-order valence-corrected chi connectivity index (χ4v) is 4.81. The second-order valence-electron chi connectivity index (χ2n) is 6.75. The summed E-state index contributed by atoms with van der Waals surface area (Å²) in [5.41, 5.74) is 1.84. The lowest BCUT2D eigenvalue weighted by Gasteiger charge is -2.20. The zero-order valence-electron chi connectivity index (χ0n) is 15.7. The van der Waals surface area contributed by atoms with Gasteiger partial charge in [-0.25, -0.2) is 0 Å². The van der Waals surface area contributed by atoms with Gasteiger partial charge in [0.1, 0.15) is 9.79 Å². The first kappa shape index (κ1) is 20.4.